The molecule has 3 aliphatic rings. The molecule has 35 heavy (non-hydrogen) atoms. The molecule has 3 heterocycles. The third kappa shape index (κ3) is 3.39. The number of Topliss-reactive ketones (excluding diaryl/α,β-unsaturated/α-hetero) is 1. The highest BCUT2D eigenvalue weighted by atomic mass is 35.5. The van der Waals surface area contributed by atoms with Gasteiger partial charge in [0.15, 0.2) is 5.78 Å². The van der Waals surface area contributed by atoms with E-state index in [0.29, 0.717) is 20.6 Å². The van der Waals surface area contributed by atoms with Crippen molar-refractivity contribution in [2.24, 2.45) is 16.9 Å². The number of carbonyl (C=O) groups is 3. The summed E-state index contributed by atoms with van der Waals surface area (Å²) < 4.78 is 0. The Bertz CT molecular complexity index is 1420. The molecular formula is C26H16Cl3N3O3. The van der Waals surface area contributed by atoms with Gasteiger partial charge in [-0.3, -0.25) is 19.4 Å². The summed E-state index contributed by atoms with van der Waals surface area (Å²) in [6.45, 7) is 0. The standard InChI is InChI=1S/C26H16Cl3N3O3/c27-15-7-5-13(6-8-15)24(33)23-21-20(22-19-4-2-1-3-14(19)12-30-32(22)23)25(34)31(26(21)35)18-10-16(28)9-17(29)11-18/h1-12,20-23H/t20-,21-,22-,23+/m1/s1. The summed E-state index contributed by atoms with van der Waals surface area (Å²) in [6.07, 6.45) is 1.67. The molecule has 6 rings (SSSR count). The van der Waals surface area contributed by atoms with Gasteiger partial charge >= 0.3 is 0 Å². The monoisotopic (exact) mass is 523 g/mol. The number of hydrogen-bond acceptors (Lipinski definition) is 5. The van der Waals surface area contributed by atoms with Crippen molar-refractivity contribution in [3.05, 3.63) is 98.5 Å². The van der Waals surface area contributed by atoms with Gasteiger partial charge in [-0.25, -0.2) is 4.90 Å². The summed E-state index contributed by atoms with van der Waals surface area (Å²) in [4.78, 5) is 42.6. The lowest BCUT2D eigenvalue weighted by molar-refractivity contribution is -0.124. The number of imide groups is 1. The molecule has 3 aromatic rings. The Hall–Kier alpha value is -3.19. The fraction of sp³-hybridized carbons (Fsp3) is 0.154. The maximum atomic E-state index is 13.8. The Kier molecular flexibility index (Phi) is 5.22. The van der Waals surface area contributed by atoms with Crippen molar-refractivity contribution in [1.82, 2.24) is 5.01 Å². The number of hydrogen-bond donors (Lipinski definition) is 0. The van der Waals surface area contributed by atoms with E-state index >= 15 is 0 Å². The second kappa shape index (κ2) is 8.19. The number of hydrazone groups is 1. The first-order valence-electron chi connectivity index (χ1n) is 10.9. The fourth-order valence-corrected chi connectivity index (χ4v) is 6.02. The Morgan fingerprint density at radius 1 is 0.800 bits per heavy atom. The quantitative estimate of drug-likeness (QED) is 0.339. The van der Waals surface area contributed by atoms with Gasteiger partial charge in [-0.1, -0.05) is 59.1 Å². The van der Waals surface area contributed by atoms with Gasteiger partial charge in [0.2, 0.25) is 11.8 Å². The minimum Gasteiger partial charge on any atom is -0.292 e. The van der Waals surface area contributed by atoms with Crippen molar-refractivity contribution >= 4 is 64.3 Å². The first kappa shape index (κ1) is 22.3. The molecule has 0 N–H and O–H groups in total. The zero-order valence-electron chi connectivity index (χ0n) is 17.9. The molecule has 6 nitrogen and oxygen atoms in total. The molecule has 0 bridgehead atoms. The number of amides is 2. The highest BCUT2D eigenvalue weighted by Crippen LogP contribution is 2.53. The molecule has 3 aromatic carbocycles. The summed E-state index contributed by atoms with van der Waals surface area (Å²) in [5.74, 6) is -2.93. The topological polar surface area (TPSA) is 70.0 Å². The molecule has 174 valence electrons. The van der Waals surface area contributed by atoms with Crippen LogP contribution in [0, 0.1) is 11.8 Å². The SMILES string of the molecule is O=C(c1ccc(Cl)cc1)[C@@H]1[C@@H]2C(=O)N(c3cc(Cl)cc(Cl)c3)C(=O)[C@H]2[C@H]2c3ccccc3C=NN12. The average molecular weight is 525 g/mol. The number of benzene rings is 3. The van der Waals surface area contributed by atoms with E-state index in [0.717, 1.165) is 16.0 Å². The van der Waals surface area contributed by atoms with Gasteiger partial charge < -0.3 is 0 Å². The van der Waals surface area contributed by atoms with Crippen LogP contribution in [0.25, 0.3) is 0 Å². The third-order valence-corrected chi connectivity index (χ3v) is 7.48. The van der Waals surface area contributed by atoms with Crippen molar-refractivity contribution in [3.63, 3.8) is 0 Å². The number of ketones is 1. The third-order valence-electron chi connectivity index (χ3n) is 6.80. The van der Waals surface area contributed by atoms with Crippen molar-refractivity contribution in [1.29, 1.82) is 0 Å². The van der Waals surface area contributed by atoms with Crippen LogP contribution in [0.3, 0.4) is 0 Å². The van der Waals surface area contributed by atoms with E-state index in [2.05, 4.69) is 5.10 Å². The molecule has 2 fully saturated rings. The van der Waals surface area contributed by atoms with Gasteiger partial charge in [-0.15, -0.1) is 0 Å². The molecule has 0 saturated carbocycles. The van der Waals surface area contributed by atoms with Gasteiger partial charge in [-0.2, -0.15) is 5.10 Å². The molecule has 0 aromatic heterocycles. The van der Waals surface area contributed by atoms with Crippen molar-refractivity contribution < 1.29 is 14.4 Å². The van der Waals surface area contributed by atoms with Crippen LogP contribution in [0.5, 0.6) is 0 Å². The van der Waals surface area contributed by atoms with E-state index in [1.807, 2.05) is 24.3 Å². The Labute approximate surface area is 215 Å². The summed E-state index contributed by atoms with van der Waals surface area (Å²) >= 11 is 18.4. The first-order valence-corrected chi connectivity index (χ1v) is 12.0. The summed E-state index contributed by atoms with van der Waals surface area (Å²) in [5, 5.41) is 7.26. The van der Waals surface area contributed by atoms with E-state index < -0.39 is 35.7 Å². The molecule has 9 heteroatoms. The van der Waals surface area contributed by atoms with Gasteiger partial charge in [0, 0.05) is 20.6 Å². The number of anilines is 1. The molecule has 4 atom stereocenters. The molecule has 0 spiro atoms. The van der Waals surface area contributed by atoms with Gasteiger partial charge in [0.25, 0.3) is 0 Å². The smallest absolute Gasteiger partial charge is 0.240 e. The van der Waals surface area contributed by atoms with Gasteiger partial charge in [0.05, 0.1) is 29.8 Å². The number of rotatable bonds is 3. The summed E-state index contributed by atoms with van der Waals surface area (Å²) in [5.41, 5.74) is 2.36. The number of carbonyl (C=O) groups excluding carboxylic acids is 3. The summed E-state index contributed by atoms with van der Waals surface area (Å²) in [7, 11) is 0. The van der Waals surface area contributed by atoms with E-state index in [4.69, 9.17) is 34.8 Å². The lowest BCUT2D eigenvalue weighted by Crippen LogP contribution is -2.44. The number of halogens is 3. The van der Waals surface area contributed by atoms with Crippen molar-refractivity contribution in [2.45, 2.75) is 12.1 Å². The van der Waals surface area contributed by atoms with Crippen LogP contribution >= 0.6 is 34.8 Å². The Balaban J connectivity index is 1.50. The number of nitrogens with zero attached hydrogens (tertiary/aromatic N) is 3. The second-order valence-corrected chi connectivity index (χ2v) is 10.0. The van der Waals surface area contributed by atoms with Crippen LogP contribution in [0.2, 0.25) is 15.1 Å². The predicted molar refractivity (Wildman–Crippen MR) is 134 cm³/mol. The Morgan fingerprint density at radius 2 is 1.46 bits per heavy atom. The van der Waals surface area contributed by atoms with Crippen LogP contribution < -0.4 is 4.90 Å². The van der Waals surface area contributed by atoms with Crippen molar-refractivity contribution in [3.8, 4) is 0 Å². The predicted octanol–water partition coefficient (Wildman–Crippen LogP) is 5.41. The molecule has 0 radical (unpaired) electrons. The minimum atomic E-state index is -0.966. The van der Waals surface area contributed by atoms with Gasteiger partial charge in [-0.05, 0) is 53.6 Å². The molecule has 2 amide bonds. The van der Waals surface area contributed by atoms with Crippen LogP contribution in [-0.4, -0.2) is 34.9 Å². The lowest BCUT2D eigenvalue weighted by atomic mass is 9.83. The molecule has 0 unspecified atom stereocenters. The molecular weight excluding hydrogens is 509 g/mol. The van der Waals surface area contributed by atoms with Gasteiger partial charge in [0.1, 0.15) is 6.04 Å². The van der Waals surface area contributed by atoms with E-state index in [1.54, 1.807) is 35.5 Å². The zero-order valence-corrected chi connectivity index (χ0v) is 20.2. The second-order valence-electron chi connectivity index (χ2n) is 8.71. The highest BCUT2D eigenvalue weighted by molar-refractivity contribution is 6.36. The normalized spacial score (nSPS) is 24.4. The minimum absolute atomic E-state index is 0.281. The first-order chi connectivity index (χ1) is 16.8. The molecule has 3 aliphatic heterocycles. The fourth-order valence-electron chi connectivity index (χ4n) is 5.38. The summed E-state index contributed by atoms with van der Waals surface area (Å²) in [6, 6.07) is 17.1. The van der Waals surface area contributed by atoms with E-state index in [-0.39, 0.29) is 11.5 Å². The van der Waals surface area contributed by atoms with Crippen LogP contribution in [0.15, 0.2) is 71.8 Å². The molecule has 0 aliphatic carbocycles. The van der Waals surface area contributed by atoms with Crippen LogP contribution in [0.1, 0.15) is 27.5 Å². The highest BCUT2D eigenvalue weighted by Gasteiger charge is 2.65. The van der Waals surface area contributed by atoms with Crippen molar-refractivity contribution in [2.75, 3.05) is 4.90 Å². The van der Waals surface area contributed by atoms with Crippen LogP contribution in [-0.2, 0) is 9.59 Å². The Morgan fingerprint density at radius 3 is 2.17 bits per heavy atom. The largest absolute Gasteiger partial charge is 0.292 e. The van der Waals surface area contributed by atoms with E-state index in [9.17, 15) is 14.4 Å². The maximum absolute atomic E-state index is 13.8. The average Bonchev–Trinajstić information content (AvgIpc) is 3.31. The van der Waals surface area contributed by atoms with E-state index in [1.165, 1.54) is 18.2 Å². The lowest BCUT2D eigenvalue weighted by Gasteiger charge is -2.33. The maximum Gasteiger partial charge on any atom is 0.240 e. The zero-order chi connectivity index (χ0) is 24.4. The molecule has 2 saturated heterocycles. The van der Waals surface area contributed by atoms with Crippen LogP contribution in [0.4, 0.5) is 5.69 Å². The number of fused-ring (bicyclic) bond motifs is 5.